The number of methoxy groups -OCH3 is 1. The van der Waals surface area contributed by atoms with Gasteiger partial charge in [-0.1, -0.05) is 12.2 Å². The molecule has 0 aliphatic heterocycles. The van der Waals surface area contributed by atoms with E-state index in [0.29, 0.717) is 11.4 Å². The number of thiocarbonyl (C=S) groups is 1. The van der Waals surface area contributed by atoms with Crippen molar-refractivity contribution in [2.75, 3.05) is 7.11 Å². The summed E-state index contributed by atoms with van der Waals surface area (Å²) in [6, 6.07) is 1.69. The largest absolute Gasteiger partial charge is 0.495 e. The first-order valence-corrected chi connectivity index (χ1v) is 4.34. The van der Waals surface area contributed by atoms with Gasteiger partial charge in [0.2, 0.25) is 0 Å². The van der Waals surface area contributed by atoms with Crippen LogP contribution in [0, 0.1) is 0 Å². The Morgan fingerprint density at radius 3 is 2.92 bits per heavy atom. The highest BCUT2D eigenvalue weighted by Crippen LogP contribution is 2.23. The maximum Gasteiger partial charge on any atom is 0.136 e. The molecule has 1 aromatic heterocycles. The van der Waals surface area contributed by atoms with Gasteiger partial charge in [-0.05, 0) is 15.9 Å². The molecular formula is C7H7BrN2OS. The lowest BCUT2D eigenvalue weighted by Crippen LogP contribution is -2.11. The normalized spacial score (nSPS) is 9.50. The molecule has 0 bridgehead atoms. The van der Waals surface area contributed by atoms with E-state index in [1.165, 1.54) is 0 Å². The van der Waals surface area contributed by atoms with E-state index in [4.69, 9.17) is 22.7 Å². The van der Waals surface area contributed by atoms with Crippen LogP contribution in [0.25, 0.3) is 0 Å². The van der Waals surface area contributed by atoms with E-state index in [1.54, 1.807) is 19.4 Å². The minimum absolute atomic E-state index is 0.265. The second-order valence-electron chi connectivity index (χ2n) is 2.07. The van der Waals surface area contributed by atoms with Crippen molar-refractivity contribution in [2.45, 2.75) is 0 Å². The number of pyridine rings is 1. The Labute approximate surface area is 84.1 Å². The molecule has 0 aliphatic carbocycles. The van der Waals surface area contributed by atoms with Crippen LogP contribution >= 0.6 is 28.1 Å². The second kappa shape index (κ2) is 3.82. The highest BCUT2D eigenvalue weighted by molar-refractivity contribution is 9.10. The summed E-state index contributed by atoms with van der Waals surface area (Å²) in [5, 5.41) is 0. The Morgan fingerprint density at radius 2 is 2.42 bits per heavy atom. The van der Waals surface area contributed by atoms with E-state index >= 15 is 0 Å². The van der Waals surface area contributed by atoms with Gasteiger partial charge < -0.3 is 10.5 Å². The maximum absolute atomic E-state index is 5.39. The third kappa shape index (κ3) is 1.92. The molecule has 1 aromatic rings. The van der Waals surface area contributed by atoms with Gasteiger partial charge in [0.15, 0.2) is 0 Å². The van der Waals surface area contributed by atoms with Gasteiger partial charge in [-0.25, -0.2) is 0 Å². The zero-order chi connectivity index (χ0) is 9.14. The summed E-state index contributed by atoms with van der Waals surface area (Å²) in [5.41, 5.74) is 5.95. The summed E-state index contributed by atoms with van der Waals surface area (Å²) in [6.07, 6.45) is 1.60. The number of ether oxygens (including phenoxy) is 1. The number of aromatic nitrogens is 1. The Hall–Kier alpha value is -0.680. The molecule has 12 heavy (non-hydrogen) atoms. The van der Waals surface area contributed by atoms with Gasteiger partial charge in [-0.2, -0.15) is 0 Å². The molecule has 0 radical (unpaired) electrons. The first kappa shape index (κ1) is 9.41. The predicted octanol–water partition coefficient (Wildman–Crippen LogP) is 1.49. The molecule has 0 spiro atoms. The zero-order valence-electron chi connectivity index (χ0n) is 6.37. The van der Waals surface area contributed by atoms with Crippen molar-refractivity contribution in [1.82, 2.24) is 4.98 Å². The molecule has 0 unspecified atom stereocenters. The summed E-state index contributed by atoms with van der Waals surface area (Å²) in [6.45, 7) is 0. The fraction of sp³-hybridized carbons (Fsp3) is 0.143. The van der Waals surface area contributed by atoms with Crippen molar-refractivity contribution >= 4 is 33.1 Å². The maximum atomic E-state index is 5.39. The van der Waals surface area contributed by atoms with E-state index < -0.39 is 0 Å². The standard InChI is InChI=1S/C7H7BrN2OS/c1-11-6-2-5(7(9)12)10-3-4(6)8/h2-3H,1H3,(H2,9,12). The lowest BCUT2D eigenvalue weighted by atomic mass is 10.3. The minimum Gasteiger partial charge on any atom is -0.495 e. The van der Waals surface area contributed by atoms with Gasteiger partial charge in [-0.3, -0.25) is 4.98 Å². The summed E-state index contributed by atoms with van der Waals surface area (Å²) < 4.78 is 5.82. The Bertz CT molecular complexity index is 316. The average molecular weight is 247 g/mol. The molecule has 1 rings (SSSR count). The lowest BCUT2D eigenvalue weighted by Gasteiger charge is -2.03. The molecule has 64 valence electrons. The molecule has 0 aromatic carbocycles. The number of rotatable bonds is 2. The van der Waals surface area contributed by atoms with Crippen LogP contribution in [0.4, 0.5) is 0 Å². The van der Waals surface area contributed by atoms with E-state index in [9.17, 15) is 0 Å². The van der Waals surface area contributed by atoms with Crippen LogP contribution in [0.1, 0.15) is 5.69 Å². The fourth-order valence-corrected chi connectivity index (χ4v) is 1.20. The monoisotopic (exact) mass is 246 g/mol. The van der Waals surface area contributed by atoms with Crippen LogP contribution in [0.3, 0.4) is 0 Å². The molecule has 0 fully saturated rings. The van der Waals surface area contributed by atoms with Gasteiger partial charge in [0.05, 0.1) is 11.6 Å². The van der Waals surface area contributed by atoms with Crippen molar-refractivity contribution in [3.05, 3.63) is 22.4 Å². The molecule has 5 heteroatoms. The number of hydrogen-bond donors (Lipinski definition) is 1. The van der Waals surface area contributed by atoms with Crippen molar-refractivity contribution in [1.29, 1.82) is 0 Å². The van der Waals surface area contributed by atoms with Crippen molar-refractivity contribution < 1.29 is 4.74 Å². The Morgan fingerprint density at radius 1 is 1.75 bits per heavy atom. The number of halogens is 1. The van der Waals surface area contributed by atoms with Crippen LogP contribution in [-0.2, 0) is 0 Å². The smallest absolute Gasteiger partial charge is 0.136 e. The van der Waals surface area contributed by atoms with Gasteiger partial charge in [0.25, 0.3) is 0 Å². The SMILES string of the molecule is COc1cc(C(N)=S)ncc1Br. The summed E-state index contributed by atoms with van der Waals surface area (Å²) in [7, 11) is 1.57. The summed E-state index contributed by atoms with van der Waals surface area (Å²) in [4.78, 5) is 4.26. The van der Waals surface area contributed by atoms with Gasteiger partial charge in [0.1, 0.15) is 16.4 Å². The highest BCUT2D eigenvalue weighted by Gasteiger charge is 2.03. The molecule has 0 atom stereocenters. The van der Waals surface area contributed by atoms with Crippen molar-refractivity contribution in [3.8, 4) is 5.75 Å². The first-order chi connectivity index (χ1) is 5.65. The number of nitrogens with zero attached hydrogens (tertiary/aromatic N) is 1. The van der Waals surface area contributed by atoms with Crippen LogP contribution in [0.2, 0.25) is 0 Å². The predicted molar refractivity (Wildman–Crippen MR) is 54.4 cm³/mol. The molecule has 1 heterocycles. The van der Waals surface area contributed by atoms with E-state index in [1.807, 2.05) is 0 Å². The fourth-order valence-electron chi connectivity index (χ4n) is 0.711. The van der Waals surface area contributed by atoms with Gasteiger partial charge in [-0.15, -0.1) is 0 Å². The van der Waals surface area contributed by atoms with E-state index in [2.05, 4.69) is 20.9 Å². The van der Waals surface area contributed by atoms with E-state index in [0.717, 1.165) is 4.47 Å². The van der Waals surface area contributed by atoms with Crippen LogP contribution in [0.15, 0.2) is 16.7 Å². The summed E-state index contributed by atoms with van der Waals surface area (Å²) in [5.74, 6) is 0.674. The van der Waals surface area contributed by atoms with Crippen LogP contribution in [0.5, 0.6) is 5.75 Å². The quantitative estimate of drug-likeness (QED) is 0.804. The van der Waals surface area contributed by atoms with Gasteiger partial charge in [0, 0.05) is 12.3 Å². The zero-order valence-corrected chi connectivity index (χ0v) is 8.78. The summed E-state index contributed by atoms with van der Waals surface area (Å²) >= 11 is 8.03. The molecule has 2 N–H and O–H groups in total. The lowest BCUT2D eigenvalue weighted by molar-refractivity contribution is 0.411. The Balaban J connectivity index is 3.13. The average Bonchev–Trinajstić information content (AvgIpc) is 2.05. The molecular weight excluding hydrogens is 240 g/mol. The highest BCUT2D eigenvalue weighted by atomic mass is 79.9. The number of hydrogen-bond acceptors (Lipinski definition) is 3. The van der Waals surface area contributed by atoms with Crippen LogP contribution in [-0.4, -0.2) is 17.1 Å². The molecule has 0 amide bonds. The molecule has 0 aliphatic rings. The Kier molecular flexibility index (Phi) is 2.99. The van der Waals surface area contributed by atoms with Crippen LogP contribution < -0.4 is 10.5 Å². The van der Waals surface area contributed by atoms with Crippen molar-refractivity contribution in [3.63, 3.8) is 0 Å². The minimum atomic E-state index is 0.265. The third-order valence-electron chi connectivity index (χ3n) is 1.29. The molecule has 0 saturated carbocycles. The molecule has 3 nitrogen and oxygen atoms in total. The molecule has 0 saturated heterocycles. The number of nitrogens with two attached hydrogens (primary N) is 1. The van der Waals surface area contributed by atoms with E-state index in [-0.39, 0.29) is 4.99 Å². The van der Waals surface area contributed by atoms with Gasteiger partial charge >= 0.3 is 0 Å². The third-order valence-corrected chi connectivity index (χ3v) is 2.10. The first-order valence-electron chi connectivity index (χ1n) is 3.14. The van der Waals surface area contributed by atoms with Crippen molar-refractivity contribution in [2.24, 2.45) is 5.73 Å². The topological polar surface area (TPSA) is 48.1 Å². The second-order valence-corrected chi connectivity index (χ2v) is 3.36.